The van der Waals surface area contributed by atoms with Crippen molar-refractivity contribution in [1.29, 1.82) is 5.26 Å². The Labute approximate surface area is 118 Å². The molecular weight excluding hydrogens is 291 g/mol. The van der Waals surface area contributed by atoms with Gasteiger partial charge in [0.25, 0.3) is 5.91 Å². The quantitative estimate of drug-likeness (QED) is 0.904. The predicted molar refractivity (Wildman–Crippen MR) is 73.4 cm³/mol. The smallest absolute Gasteiger partial charge is 0.258 e. The second kappa shape index (κ2) is 5.40. The molecule has 0 aliphatic rings. The molecule has 0 saturated heterocycles. The van der Waals surface area contributed by atoms with E-state index in [0.29, 0.717) is 25.5 Å². The van der Waals surface area contributed by atoms with E-state index in [1.54, 1.807) is 24.3 Å². The highest BCUT2D eigenvalue weighted by Crippen LogP contribution is 2.31. The van der Waals surface area contributed by atoms with Crippen LogP contribution in [0.1, 0.15) is 15.9 Å². The van der Waals surface area contributed by atoms with Crippen LogP contribution in [0, 0.1) is 11.3 Å². The molecule has 0 radical (unpaired) electrons. The zero-order valence-electron chi connectivity index (χ0n) is 8.91. The van der Waals surface area contributed by atoms with Crippen molar-refractivity contribution >= 4 is 46.1 Å². The Hall–Kier alpha value is -1.54. The summed E-state index contributed by atoms with van der Waals surface area (Å²) in [5.74, 6) is -0.383. The van der Waals surface area contributed by atoms with E-state index in [2.05, 4.69) is 5.32 Å². The molecule has 1 aromatic heterocycles. The molecule has 0 aliphatic heterocycles. The number of carbonyl (C=O) groups excluding carboxylic acids is 1. The summed E-state index contributed by atoms with van der Waals surface area (Å²) in [7, 11) is 0. The van der Waals surface area contributed by atoms with Crippen LogP contribution in [0.4, 0.5) is 5.69 Å². The topological polar surface area (TPSA) is 52.9 Å². The van der Waals surface area contributed by atoms with Crippen molar-refractivity contribution < 1.29 is 4.79 Å². The molecule has 2 aromatic rings. The summed E-state index contributed by atoms with van der Waals surface area (Å²) in [6, 6.07) is 10.2. The molecule has 6 heteroatoms. The van der Waals surface area contributed by atoms with Crippen LogP contribution < -0.4 is 5.32 Å². The molecule has 2 rings (SSSR count). The Bertz CT molecular complexity index is 646. The summed E-state index contributed by atoms with van der Waals surface area (Å²) in [5.41, 5.74) is 1.14. The molecule has 3 nitrogen and oxygen atoms in total. The lowest BCUT2D eigenvalue weighted by Crippen LogP contribution is -2.12. The number of rotatable bonds is 2. The molecule has 1 N–H and O–H groups in total. The summed E-state index contributed by atoms with van der Waals surface area (Å²) in [5, 5.41) is 11.5. The first-order valence-electron chi connectivity index (χ1n) is 4.87. The fourth-order valence-electron chi connectivity index (χ4n) is 1.37. The first-order valence-corrected chi connectivity index (χ1v) is 6.44. The number of benzene rings is 1. The fraction of sp³-hybridized carbons (Fsp3) is 0. The Morgan fingerprint density at radius 2 is 2.06 bits per heavy atom. The molecule has 0 saturated carbocycles. The molecule has 0 unspecified atom stereocenters. The first kappa shape index (κ1) is 12.9. The van der Waals surface area contributed by atoms with E-state index in [1.165, 1.54) is 6.07 Å². The van der Waals surface area contributed by atoms with E-state index in [0.717, 1.165) is 11.3 Å². The molecule has 1 heterocycles. The standard InChI is InChI=1S/C12H6Cl2N2OS/c13-10-5-8(11(14)18-10)12(17)16-9-4-2-1-3-7(9)6-15/h1-5H,(H,16,17). The van der Waals surface area contributed by atoms with Gasteiger partial charge in [-0.25, -0.2) is 0 Å². The Morgan fingerprint density at radius 3 is 2.67 bits per heavy atom. The van der Waals surface area contributed by atoms with Gasteiger partial charge in [-0.1, -0.05) is 35.3 Å². The number of thiophene rings is 1. The average molecular weight is 297 g/mol. The van der Waals surface area contributed by atoms with Crippen LogP contribution in [0.15, 0.2) is 30.3 Å². The highest BCUT2D eigenvalue weighted by Gasteiger charge is 2.15. The maximum Gasteiger partial charge on any atom is 0.258 e. The minimum Gasteiger partial charge on any atom is -0.321 e. The monoisotopic (exact) mass is 296 g/mol. The molecule has 1 aromatic carbocycles. The lowest BCUT2D eigenvalue weighted by Gasteiger charge is -2.05. The van der Waals surface area contributed by atoms with Crippen molar-refractivity contribution in [3.63, 3.8) is 0 Å². The van der Waals surface area contributed by atoms with Gasteiger partial charge in [0.2, 0.25) is 0 Å². The third-order valence-corrected chi connectivity index (χ3v) is 3.68. The summed E-state index contributed by atoms with van der Waals surface area (Å²) in [4.78, 5) is 12.0. The van der Waals surface area contributed by atoms with E-state index in [4.69, 9.17) is 28.5 Å². The molecule has 90 valence electrons. The highest BCUT2D eigenvalue weighted by atomic mass is 35.5. The number of para-hydroxylation sites is 1. The number of nitrogens with zero attached hydrogens (tertiary/aromatic N) is 1. The summed E-state index contributed by atoms with van der Waals surface area (Å²) in [6.07, 6.45) is 0. The predicted octanol–water partition coefficient (Wildman–Crippen LogP) is 4.18. The fourth-order valence-corrected chi connectivity index (χ4v) is 2.83. The van der Waals surface area contributed by atoms with E-state index >= 15 is 0 Å². The molecule has 1 amide bonds. The van der Waals surface area contributed by atoms with Crippen molar-refractivity contribution in [2.75, 3.05) is 5.32 Å². The molecule has 0 atom stereocenters. The number of amides is 1. The Morgan fingerprint density at radius 1 is 1.33 bits per heavy atom. The number of hydrogen-bond acceptors (Lipinski definition) is 3. The second-order valence-corrected chi connectivity index (χ2v) is 5.63. The van der Waals surface area contributed by atoms with Crippen molar-refractivity contribution in [2.45, 2.75) is 0 Å². The maximum absolute atomic E-state index is 12.0. The second-order valence-electron chi connectivity index (χ2n) is 3.35. The van der Waals surface area contributed by atoms with Gasteiger partial charge in [-0.2, -0.15) is 5.26 Å². The number of carbonyl (C=O) groups is 1. The van der Waals surface area contributed by atoms with Crippen LogP contribution in [0.5, 0.6) is 0 Å². The summed E-state index contributed by atoms with van der Waals surface area (Å²) >= 11 is 12.8. The van der Waals surface area contributed by atoms with Crippen LogP contribution in [0.2, 0.25) is 8.67 Å². The van der Waals surface area contributed by atoms with E-state index in [9.17, 15) is 4.79 Å². The van der Waals surface area contributed by atoms with Gasteiger partial charge in [0.05, 0.1) is 21.2 Å². The highest BCUT2D eigenvalue weighted by molar-refractivity contribution is 7.20. The molecule has 0 fully saturated rings. The van der Waals surface area contributed by atoms with Crippen molar-refractivity contribution in [1.82, 2.24) is 0 Å². The molecule has 18 heavy (non-hydrogen) atoms. The molecule has 0 bridgehead atoms. The van der Waals surface area contributed by atoms with Gasteiger partial charge >= 0.3 is 0 Å². The minimum absolute atomic E-state index is 0.305. The number of nitrogens with one attached hydrogen (secondary N) is 1. The maximum atomic E-state index is 12.0. The van der Waals surface area contributed by atoms with Gasteiger partial charge in [0, 0.05) is 0 Å². The third kappa shape index (κ3) is 2.65. The lowest BCUT2D eigenvalue weighted by molar-refractivity contribution is 0.102. The average Bonchev–Trinajstić information content (AvgIpc) is 2.69. The summed E-state index contributed by atoms with van der Waals surface area (Å²) < 4.78 is 0.769. The number of anilines is 1. The molecular formula is C12H6Cl2N2OS. The zero-order valence-corrected chi connectivity index (χ0v) is 11.2. The van der Waals surface area contributed by atoms with Crippen LogP contribution >= 0.6 is 34.5 Å². The van der Waals surface area contributed by atoms with Gasteiger partial charge in [-0.15, -0.1) is 11.3 Å². The van der Waals surface area contributed by atoms with Gasteiger partial charge < -0.3 is 5.32 Å². The number of hydrogen-bond donors (Lipinski definition) is 1. The van der Waals surface area contributed by atoms with Crippen molar-refractivity contribution in [3.05, 3.63) is 50.1 Å². The Balaban J connectivity index is 2.27. The molecule has 0 spiro atoms. The first-order chi connectivity index (χ1) is 8.61. The molecule has 0 aliphatic carbocycles. The van der Waals surface area contributed by atoms with Crippen LogP contribution in [-0.4, -0.2) is 5.91 Å². The van der Waals surface area contributed by atoms with Crippen LogP contribution in [0.25, 0.3) is 0 Å². The normalized spacial score (nSPS) is 9.83. The van der Waals surface area contributed by atoms with Crippen LogP contribution in [-0.2, 0) is 0 Å². The number of nitriles is 1. The van der Waals surface area contributed by atoms with E-state index in [-0.39, 0.29) is 5.91 Å². The van der Waals surface area contributed by atoms with E-state index in [1.807, 2.05) is 6.07 Å². The van der Waals surface area contributed by atoms with Gasteiger partial charge in [-0.3, -0.25) is 4.79 Å². The van der Waals surface area contributed by atoms with Crippen molar-refractivity contribution in [2.24, 2.45) is 0 Å². The van der Waals surface area contributed by atoms with Gasteiger partial charge in [0.15, 0.2) is 0 Å². The largest absolute Gasteiger partial charge is 0.321 e. The van der Waals surface area contributed by atoms with Gasteiger partial charge in [0.1, 0.15) is 10.4 Å². The third-order valence-electron chi connectivity index (χ3n) is 2.20. The Kier molecular flexibility index (Phi) is 3.87. The zero-order chi connectivity index (χ0) is 13.1. The summed E-state index contributed by atoms with van der Waals surface area (Å²) in [6.45, 7) is 0. The van der Waals surface area contributed by atoms with Crippen LogP contribution in [0.3, 0.4) is 0 Å². The SMILES string of the molecule is N#Cc1ccccc1NC(=O)c1cc(Cl)sc1Cl. The number of halogens is 2. The minimum atomic E-state index is -0.383. The van der Waals surface area contributed by atoms with Crippen molar-refractivity contribution in [3.8, 4) is 6.07 Å². The van der Waals surface area contributed by atoms with Gasteiger partial charge in [-0.05, 0) is 18.2 Å². The lowest BCUT2D eigenvalue weighted by atomic mass is 10.2. The van der Waals surface area contributed by atoms with E-state index < -0.39 is 0 Å².